The Kier molecular flexibility index (Phi) is 3.93. The summed E-state index contributed by atoms with van der Waals surface area (Å²) in [5, 5.41) is 11.0. The lowest BCUT2D eigenvalue weighted by molar-refractivity contribution is -0.385. The maximum absolute atomic E-state index is 12.8. The van der Waals surface area contributed by atoms with Crippen molar-refractivity contribution >= 4 is 11.5 Å². The molecule has 3 aromatic rings. The van der Waals surface area contributed by atoms with Crippen LogP contribution in [0.15, 0.2) is 72.9 Å². The van der Waals surface area contributed by atoms with Crippen LogP contribution >= 0.6 is 0 Å². The van der Waals surface area contributed by atoms with E-state index in [9.17, 15) is 14.9 Å². The minimum Gasteiger partial charge on any atom is -0.289 e. The highest BCUT2D eigenvalue weighted by Crippen LogP contribution is 2.26. The number of rotatable bonds is 4. The van der Waals surface area contributed by atoms with Crippen molar-refractivity contribution in [1.82, 2.24) is 4.98 Å². The zero-order valence-corrected chi connectivity index (χ0v) is 12.0. The normalized spacial score (nSPS) is 10.3. The summed E-state index contributed by atoms with van der Waals surface area (Å²) in [6.07, 6.45) is 1.17. The monoisotopic (exact) mass is 304 g/mol. The second-order valence-corrected chi connectivity index (χ2v) is 4.91. The van der Waals surface area contributed by atoms with E-state index in [0.29, 0.717) is 11.3 Å². The van der Waals surface area contributed by atoms with Gasteiger partial charge in [0.05, 0.1) is 16.2 Å². The molecule has 0 fully saturated rings. The van der Waals surface area contributed by atoms with Gasteiger partial charge in [-0.1, -0.05) is 60.7 Å². The van der Waals surface area contributed by atoms with Crippen molar-refractivity contribution < 1.29 is 9.72 Å². The van der Waals surface area contributed by atoms with Crippen LogP contribution in [0.5, 0.6) is 0 Å². The van der Waals surface area contributed by atoms with Crippen LogP contribution in [0.1, 0.15) is 15.9 Å². The molecule has 0 saturated carbocycles. The number of nitro groups is 1. The lowest BCUT2D eigenvalue weighted by Crippen LogP contribution is -2.06. The molecule has 0 aliphatic rings. The molecule has 0 saturated heterocycles. The summed E-state index contributed by atoms with van der Waals surface area (Å²) in [6, 6.07) is 19.1. The summed E-state index contributed by atoms with van der Waals surface area (Å²) in [5.74, 6) is -0.291. The fourth-order valence-corrected chi connectivity index (χ4v) is 2.30. The molecule has 0 bridgehead atoms. The van der Waals surface area contributed by atoms with Crippen LogP contribution in [0.3, 0.4) is 0 Å². The van der Waals surface area contributed by atoms with Crippen molar-refractivity contribution in [3.8, 4) is 11.3 Å². The number of hydrogen-bond donors (Lipinski definition) is 0. The summed E-state index contributed by atoms with van der Waals surface area (Å²) in [7, 11) is 0. The standard InChI is InChI=1S/C18H12N2O3/c21-18(14-9-5-2-6-10-14)16-11-15(20(22)23)12-19-17(16)13-7-3-1-4-8-13/h1-12H. The van der Waals surface area contributed by atoms with Crippen LogP contribution in [0.4, 0.5) is 5.69 Å². The van der Waals surface area contributed by atoms with Gasteiger partial charge in [-0.05, 0) is 0 Å². The molecule has 112 valence electrons. The van der Waals surface area contributed by atoms with Crippen LogP contribution in [-0.4, -0.2) is 15.7 Å². The van der Waals surface area contributed by atoms with Gasteiger partial charge in [0.25, 0.3) is 5.69 Å². The van der Waals surface area contributed by atoms with E-state index in [0.717, 1.165) is 5.56 Å². The molecule has 1 heterocycles. The van der Waals surface area contributed by atoms with Crippen molar-refractivity contribution in [2.24, 2.45) is 0 Å². The second kappa shape index (κ2) is 6.19. The average Bonchev–Trinajstić information content (AvgIpc) is 2.62. The predicted octanol–water partition coefficient (Wildman–Crippen LogP) is 3.89. The van der Waals surface area contributed by atoms with Crippen molar-refractivity contribution in [2.45, 2.75) is 0 Å². The van der Waals surface area contributed by atoms with Gasteiger partial charge in [-0.3, -0.25) is 14.9 Å². The minimum atomic E-state index is -0.552. The third-order valence-electron chi connectivity index (χ3n) is 3.41. The van der Waals surface area contributed by atoms with Gasteiger partial charge in [0, 0.05) is 17.2 Å². The summed E-state index contributed by atoms with van der Waals surface area (Å²) in [4.78, 5) is 27.4. The lowest BCUT2D eigenvalue weighted by Gasteiger charge is -2.08. The van der Waals surface area contributed by atoms with Crippen molar-refractivity contribution in [1.29, 1.82) is 0 Å². The Morgan fingerprint density at radius 1 is 0.957 bits per heavy atom. The van der Waals surface area contributed by atoms with E-state index >= 15 is 0 Å². The number of carbonyl (C=O) groups excluding carboxylic acids is 1. The Balaban J connectivity index is 2.18. The van der Waals surface area contributed by atoms with E-state index in [2.05, 4.69) is 4.98 Å². The largest absolute Gasteiger partial charge is 0.289 e. The maximum Gasteiger partial charge on any atom is 0.288 e. The van der Waals surface area contributed by atoms with Crippen molar-refractivity contribution in [3.05, 3.63) is 94.2 Å². The fraction of sp³-hybridized carbons (Fsp3) is 0. The van der Waals surface area contributed by atoms with E-state index < -0.39 is 4.92 Å². The highest BCUT2D eigenvalue weighted by molar-refractivity contribution is 6.12. The molecule has 3 rings (SSSR count). The zero-order valence-electron chi connectivity index (χ0n) is 12.0. The Bertz CT molecular complexity index is 862. The number of ketones is 1. The summed E-state index contributed by atoms with van der Waals surface area (Å²) in [5.41, 5.74) is 1.65. The number of benzene rings is 2. The van der Waals surface area contributed by atoms with Gasteiger partial charge in [-0.15, -0.1) is 0 Å². The first kappa shape index (κ1) is 14.6. The summed E-state index contributed by atoms with van der Waals surface area (Å²) in [6.45, 7) is 0. The topological polar surface area (TPSA) is 73.1 Å². The zero-order chi connectivity index (χ0) is 16.2. The molecule has 0 aliphatic carbocycles. The third kappa shape index (κ3) is 2.98. The van der Waals surface area contributed by atoms with E-state index in [1.54, 1.807) is 30.3 Å². The first-order valence-corrected chi connectivity index (χ1v) is 6.96. The van der Waals surface area contributed by atoms with Crippen LogP contribution < -0.4 is 0 Å². The van der Waals surface area contributed by atoms with Gasteiger partial charge >= 0.3 is 0 Å². The average molecular weight is 304 g/mol. The predicted molar refractivity (Wildman–Crippen MR) is 86.2 cm³/mol. The van der Waals surface area contributed by atoms with Gasteiger partial charge in [0.2, 0.25) is 0 Å². The molecule has 0 unspecified atom stereocenters. The lowest BCUT2D eigenvalue weighted by atomic mass is 9.98. The number of aromatic nitrogens is 1. The SMILES string of the molecule is O=C(c1ccccc1)c1cc([N+](=O)[O-])cnc1-c1ccccc1. The molecule has 2 aromatic carbocycles. The van der Waals surface area contributed by atoms with Gasteiger partial charge in [0.1, 0.15) is 6.20 Å². The first-order valence-electron chi connectivity index (χ1n) is 6.96. The second-order valence-electron chi connectivity index (χ2n) is 4.91. The fourth-order valence-electron chi connectivity index (χ4n) is 2.30. The molecule has 0 amide bonds. The molecule has 23 heavy (non-hydrogen) atoms. The number of nitrogens with zero attached hydrogens (tertiary/aromatic N) is 2. The van der Waals surface area contributed by atoms with Crippen LogP contribution in [0, 0.1) is 10.1 Å². The van der Waals surface area contributed by atoms with Gasteiger partial charge in [-0.25, -0.2) is 4.98 Å². The van der Waals surface area contributed by atoms with E-state index in [1.807, 2.05) is 30.3 Å². The summed E-state index contributed by atoms with van der Waals surface area (Å²) < 4.78 is 0. The molecular formula is C18H12N2O3. The van der Waals surface area contributed by atoms with E-state index in [1.165, 1.54) is 12.3 Å². The minimum absolute atomic E-state index is 0.205. The summed E-state index contributed by atoms with van der Waals surface area (Å²) >= 11 is 0. The van der Waals surface area contributed by atoms with E-state index in [4.69, 9.17) is 0 Å². The van der Waals surface area contributed by atoms with Gasteiger partial charge < -0.3 is 0 Å². The highest BCUT2D eigenvalue weighted by Gasteiger charge is 2.20. The smallest absolute Gasteiger partial charge is 0.288 e. The molecule has 0 N–H and O–H groups in total. The molecule has 0 atom stereocenters. The highest BCUT2D eigenvalue weighted by atomic mass is 16.6. The van der Waals surface area contributed by atoms with E-state index in [-0.39, 0.29) is 17.0 Å². The number of pyridine rings is 1. The first-order chi connectivity index (χ1) is 11.2. The molecule has 1 aromatic heterocycles. The van der Waals surface area contributed by atoms with Crippen molar-refractivity contribution in [3.63, 3.8) is 0 Å². The molecule has 5 nitrogen and oxygen atoms in total. The van der Waals surface area contributed by atoms with Gasteiger partial charge in [0.15, 0.2) is 5.78 Å². The van der Waals surface area contributed by atoms with Crippen LogP contribution in [0.25, 0.3) is 11.3 Å². The molecule has 0 radical (unpaired) electrons. The Morgan fingerprint density at radius 2 is 1.57 bits per heavy atom. The number of hydrogen-bond acceptors (Lipinski definition) is 4. The Labute approximate surface area is 132 Å². The van der Waals surface area contributed by atoms with Crippen molar-refractivity contribution in [2.75, 3.05) is 0 Å². The Morgan fingerprint density at radius 3 is 2.17 bits per heavy atom. The van der Waals surface area contributed by atoms with Crippen LogP contribution in [-0.2, 0) is 0 Å². The molecule has 5 heteroatoms. The maximum atomic E-state index is 12.8. The molecule has 0 aliphatic heterocycles. The number of carbonyl (C=O) groups is 1. The molecular weight excluding hydrogens is 292 g/mol. The third-order valence-corrected chi connectivity index (χ3v) is 3.41. The Hall–Kier alpha value is -3.34. The molecule has 0 spiro atoms. The van der Waals surface area contributed by atoms with Gasteiger partial charge in [-0.2, -0.15) is 0 Å². The van der Waals surface area contributed by atoms with Crippen LogP contribution in [0.2, 0.25) is 0 Å². The quantitative estimate of drug-likeness (QED) is 0.416.